The van der Waals surface area contributed by atoms with Crippen molar-refractivity contribution in [2.24, 2.45) is 0 Å². The van der Waals surface area contributed by atoms with Crippen LogP contribution in [0.25, 0.3) is 0 Å². The molecule has 17 heavy (non-hydrogen) atoms. The highest BCUT2D eigenvalue weighted by atomic mass is 79.9. The molecule has 1 aromatic carbocycles. The zero-order valence-corrected chi connectivity index (χ0v) is 11.8. The third-order valence-corrected chi connectivity index (χ3v) is 3.18. The number of halogens is 5. The van der Waals surface area contributed by atoms with Crippen LogP contribution in [0.1, 0.15) is 28.8 Å². The molecule has 1 aromatic rings. The van der Waals surface area contributed by atoms with Crippen LogP contribution in [0.5, 0.6) is 0 Å². The molecule has 0 aromatic heterocycles. The van der Waals surface area contributed by atoms with Gasteiger partial charge in [0, 0.05) is 21.8 Å². The zero-order chi connectivity index (χ0) is 13.1. The van der Waals surface area contributed by atoms with Gasteiger partial charge in [-0.05, 0) is 24.6 Å². The maximum Gasteiger partial charge on any atom is 0.417 e. The lowest BCUT2D eigenvalue weighted by molar-refractivity contribution is -0.138. The molecule has 0 saturated carbocycles. The number of Topliss-reactive ketones (excluding diaryl/α,β-unsaturated/α-hetero) is 1. The molecule has 0 spiro atoms. The number of hydrogen-bond acceptors (Lipinski definition) is 1. The summed E-state index contributed by atoms with van der Waals surface area (Å²) in [5.41, 5.74) is -1.15. The number of alkyl halides is 4. The maximum atomic E-state index is 12.7. The predicted molar refractivity (Wildman–Crippen MR) is 66.5 cm³/mol. The minimum atomic E-state index is -4.51. The van der Waals surface area contributed by atoms with Gasteiger partial charge in [0.25, 0.3) is 0 Å². The van der Waals surface area contributed by atoms with Crippen molar-refractivity contribution in [2.45, 2.75) is 19.0 Å². The Bertz CT molecular complexity index is 416. The second-order valence-corrected chi connectivity index (χ2v) is 5.11. The first-order valence-corrected chi connectivity index (χ1v) is 6.73. The Balaban J connectivity index is 3.11. The average molecular weight is 374 g/mol. The van der Waals surface area contributed by atoms with Crippen molar-refractivity contribution in [2.75, 3.05) is 5.33 Å². The normalized spacial score (nSPS) is 11.6. The van der Waals surface area contributed by atoms with Gasteiger partial charge in [0.2, 0.25) is 0 Å². The molecule has 0 N–H and O–H groups in total. The van der Waals surface area contributed by atoms with Crippen LogP contribution in [0.4, 0.5) is 13.2 Å². The van der Waals surface area contributed by atoms with Crippen LogP contribution in [-0.2, 0) is 6.18 Å². The molecule has 0 radical (unpaired) electrons. The standard InChI is InChI=1S/C11H9Br2F3O/c12-5-1-2-10(17)8-4-3-7(13)6-9(8)11(14,15)16/h3-4,6H,1-2,5H2. The van der Waals surface area contributed by atoms with E-state index in [1.54, 1.807) is 0 Å². The van der Waals surface area contributed by atoms with E-state index in [1.165, 1.54) is 12.1 Å². The molecule has 0 heterocycles. The summed E-state index contributed by atoms with van der Waals surface area (Å²) in [4.78, 5) is 11.6. The molecule has 0 aliphatic rings. The first-order chi connectivity index (χ1) is 7.86. The molecule has 0 amide bonds. The number of ketones is 1. The van der Waals surface area contributed by atoms with Crippen LogP contribution < -0.4 is 0 Å². The monoisotopic (exact) mass is 372 g/mol. The van der Waals surface area contributed by atoms with E-state index in [1.807, 2.05) is 0 Å². The predicted octanol–water partition coefficient (Wildman–Crippen LogP) is 4.83. The molecular weight excluding hydrogens is 365 g/mol. The minimum absolute atomic E-state index is 0.107. The second-order valence-electron chi connectivity index (χ2n) is 3.40. The van der Waals surface area contributed by atoms with Crippen molar-refractivity contribution in [3.63, 3.8) is 0 Å². The fourth-order valence-corrected chi connectivity index (χ4v) is 2.00. The summed E-state index contributed by atoms with van der Waals surface area (Å²) in [6.07, 6.45) is -3.88. The van der Waals surface area contributed by atoms with Crippen LogP contribution in [0.15, 0.2) is 22.7 Å². The third kappa shape index (κ3) is 4.10. The van der Waals surface area contributed by atoms with Gasteiger partial charge in [-0.25, -0.2) is 0 Å². The Morgan fingerprint density at radius 3 is 2.47 bits per heavy atom. The van der Waals surface area contributed by atoms with Crippen molar-refractivity contribution in [3.05, 3.63) is 33.8 Å². The fourth-order valence-electron chi connectivity index (χ4n) is 1.36. The molecule has 0 fully saturated rings. The molecular formula is C11H9Br2F3O. The van der Waals surface area contributed by atoms with Gasteiger partial charge in [0.1, 0.15) is 0 Å². The van der Waals surface area contributed by atoms with Crippen LogP contribution in [0, 0.1) is 0 Å². The van der Waals surface area contributed by atoms with Crippen LogP contribution in [0.3, 0.4) is 0 Å². The van der Waals surface area contributed by atoms with Gasteiger partial charge in [-0.1, -0.05) is 31.9 Å². The molecule has 0 aliphatic heterocycles. The van der Waals surface area contributed by atoms with Gasteiger partial charge in [0.05, 0.1) is 5.56 Å². The van der Waals surface area contributed by atoms with E-state index >= 15 is 0 Å². The molecule has 0 atom stereocenters. The van der Waals surface area contributed by atoms with Crippen molar-refractivity contribution >= 4 is 37.6 Å². The number of benzene rings is 1. The fraction of sp³-hybridized carbons (Fsp3) is 0.364. The largest absolute Gasteiger partial charge is 0.417 e. The van der Waals surface area contributed by atoms with Gasteiger partial charge < -0.3 is 0 Å². The van der Waals surface area contributed by atoms with Gasteiger partial charge >= 0.3 is 6.18 Å². The molecule has 0 saturated heterocycles. The lowest BCUT2D eigenvalue weighted by Gasteiger charge is -2.12. The zero-order valence-electron chi connectivity index (χ0n) is 8.65. The highest BCUT2D eigenvalue weighted by Crippen LogP contribution is 2.34. The average Bonchev–Trinajstić information content (AvgIpc) is 2.24. The summed E-state index contributed by atoms with van der Waals surface area (Å²) in [6.45, 7) is 0. The molecule has 0 aliphatic carbocycles. The van der Waals surface area contributed by atoms with E-state index in [4.69, 9.17) is 0 Å². The van der Waals surface area contributed by atoms with E-state index in [9.17, 15) is 18.0 Å². The summed E-state index contributed by atoms with van der Waals surface area (Å²) in [5, 5.41) is 0.594. The Morgan fingerprint density at radius 2 is 1.94 bits per heavy atom. The van der Waals surface area contributed by atoms with Crippen LogP contribution in [-0.4, -0.2) is 11.1 Å². The summed E-state index contributed by atoms with van der Waals surface area (Å²) < 4.78 is 38.5. The molecule has 6 heteroatoms. The second kappa shape index (κ2) is 6.00. The Morgan fingerprint density at radius 1 is 1.29 bits per heavy atom. The smallest absolute Gasteiger partial charge is 0.294 e. The highest BCUT2D eigenvalue weighted by molar-refractivity contribution is 9.10. The topological polar surface area (TPSA) is 17.1 Å². The van der Waals surface area contributed by atoms with Crippen molar-refractivity contribution in [3.8, 4) is 0 Å². The summed E-state index contributed by atoms with van der Waals surface area (Å²) >= 11 is 6.11. The maximum absolute atomic E-state index is 12.7. The summed E-state index contributed by atoms with van der Waals surface area (Å²) in [7, 11) is 0. The quantitative estimate of drug-likeness (QED) is 0.546. The number of hydrogen-bond donors (Lipinski definition) is 0. The van der Waals surface area contributed by atoms with Gasteiger partial charge in [-0.15, -0.1) is 0 Å². The number of carbonyl (C=O) groups excluding carboxylic acids is 1. The summed E-state index contributed by atoms with van der Waals surface area (Å²) in [6, 6.07) is 3.58. The Kier molecular flexibility index (Phi) is 5.19. The van der Waals surface area contributed by atoms with Crippen molar-refractivity contribution < 1.29 is 18.0 Å². The van der Waals surface area contributed by atoms with E-state index in [0.29, 0.717) is 16.2 Å². The minimum Gasteiger partial charge on any atom is -0.294 e. The van der Waals surface area contributed by atoms with E-state index < -0.39 is 17.5 Å². The molecule has 1 rings (SSSR count). The Labute approximate surface area is 114 Å². The first-order valence-electron chi connectivity index (χ1n) is 4.82. The lowest BCUT2D eigenvalue weighted by atomic mass is 10.0. The van der Waals surface area contributed by atoms with E-state index in [-0.39, 0.29) is 12.0 Å². The van der Waals surface area contributed by atoms with E-state index in [0.717, 1.165) is 6.07 Å². The Hall–Kier alpha value is -0.360. The lowest BCUT2D eigenvalue weighted by Crippen LogP contribution is -2.13. The van der Waals surface area contributed by atoms with Crippen molar-refractivity contribution in [1.82, 2.24) is 0 Å². The van der Waals surface area contributed by atoms with E-state index in [2.05, 4.69) is 31.9 Å². The molecule has 0 unspecified atom stereocenters. The molecule has 0 bridgehead atoms. The van der Waals surface area contributed by atoms with Gasteiger partial charge in [0.15, 0.2) is 5.78 Å². The SMILES string of the molecule is O=C(CCCBr)c1ccc(Br)cc1C(F)(F)F. The van der Waals surface area contributed by atoms with Gasteiger partial charge in [-0.3, -0.25) is 4.79 Å². The molecule has 94 valence electrons. The molecule has 1 nitrogen and oxygen atoms in total. The third-order valence-electron chi connectivity index (χ3n) is 2.12. The highest BCUT2D eigenvalue weighted by Gasteiger charge is 2.35. The van der Waals surface area contributed by atoms with Crippen molar-refractivity contribution in [1.29, 1.82) is 0 Å². The number of carbonyl (C=O) groups is 1. The van der Waals surface area contributed by atoms with Gasteiger partial charge in [-0.2, -0.15) is 13.2 Å². The first kappa shape index (κ1) is 14.7. The number of rotatable bonds is 4. The van der Waals surface area contributed by atoms with Crippen LogP contribution in [0.2, 0.25) is 0 Å². The summed E-state index contributed by atoms with van der Waals surface area (Å²) in [5.74, 6) is -0.482. The van der Waals surface area contributed by atoms with Crippen LogP contribution >= 0.6 is 31.9 Å².